The van der Waals surface area contributed by atoms with Crippen LogP contribution in [0.4, 0.5) is 0 Å². The quantitative estimate of drug-likeness (QED) is 0.743. The van der Waals surface area contributed by atoms with Crippen molar-refractivity contribution in [3.8, 4) is 0 Å². The summed E-state index contributed by atoms with van der Waals surface area (Å²) < 4.78 is 0. The summed E-state index contributed by atoms with van der Waals surface area (Å²) >= 11 is 0. The molecule has 18 heavy (non-hydrogen) atoms. The number of nitrogens with one attached hydrogen (secondary N) is 2. The Bertz CT molecular complexity index is 410. The highest BCUT2D eigenvalue weighted by Gasteiger charge is 2.20. The van der Waals surface area contributed by atoms with E-state index in [1.807, 2.05) is 20.8 Å². The third-order valence-electron chi connectivity index (χ3n) is 2.59. The van der Waals surface area contributed by atoms with Crippen LogP contribution in [0.5, 0.6) is 0 Å². The Balaban J connectivity index is 2.55. The predicted molar refractivity (Wildman–Crippen MR) is 71.2 cm³/mol. The lowest BCUT2D eigenvalue weighted by Crippen LogP contribution is -2.48. The highest BCUT2D eigenvalue weighted by Crippen LogP contribution is 2.13. The molecule has 0 saturated carbocycles. The van der Waals surface area contributed by atoms with Gasteiger partial charge in [0.05, 0.1) is 6.54 Å². The van der Waals surface area contributed by atoms with Crippen molar-refractivity contribution in [2.45, 2.75) is 32.7 Å². The fourth-order valence-electron chi connectivity index (χ4n) is 1.82. The summed E-state index contributed by atoms with van der Waals surface area (Å²) in [6.45, 7) is 5.99. The van der Waals surface area contributed by atoms with Crippen LogP contribution in [0, 0.1) is 6.92 Å². The summed E-state index contributed by atoms with van der Waals surface area (Å²) in [4.78, 5) is 21.6. The standard InChI is InChI=1S/C14H20N2O2/c1-11-4-6-12(7-5-11)8-14(2,3)16-13(18)9-15-10-17/h4-7,10H,8-9H2,1-3H3,(H,15,17)(H,16,18). The van der Waals surface area contributed by atoms with Gasteiger partial charge in [-0.15, -0.1) is 0 Å². The molecule has 1 aromatic rings. The molecule has 0 bridgehead atoms. The Kier molecular flexibility index (Phi) is 4.89. The Morgan fingerprint density at radius 2 is 1.89 bits per heavy atom. The summed E-state index contributed by atoms with van der Waals surface area (Å²) in [7, 11) is 0. The second-order valence-corrected chi connectivity index (χ2v) is 5.09. The van der Waals surface area contributed by atoms with E-state index in [0.29, 0.717) is 6.41 Å². The summed E-state index contributed by atoms with van der Waals surface area (Å²) in [5, 5.41) is 5.24. The lowest BCUT2D eigenvalue weighted by atomic mass is 9.94. The lowest BCUT2D eigenvalue weighted by molar-refractivity contribution is -0.123. The molecule has 0 fully saturated rings. The van der Waals surface area contributed by atoms with Gasteiger partial charge in [0.1, 0.15) is 0 Å². The van der Waals surface area contributed by atoms with Crippen LogP contribution >= 0.6 is 0 Å². The number of aryl methyl sites for hydroxylation is 1. The molecular weight excluding hydrogens is 228 g/mol. The van der Waals surface area contributed by atoms with E-state index in [1.54, 1.807) is 0 Å². The summed E-state index contributed by atoms with van der Waals surface area (Å²) in [5.74, 6) is -0.181. The van der Waals surface area contributed by atoms with Gasteiger partial charge >= 0.3 is 0 Å². The van der Waals surface area contributed by atoms with Crippen LogP contribution in [-0.4, -0.2) is 24.4 Å². The van der Waals surface area contributed by atoms with Crippen molar-refractivity contribution in [2.75, 3.05) is 6.54 Å². The van der Waals surface area contributed by atoms with E-state index in [9.17, 15) is 9.59 Å². The fraction of sp³-hybridized carbons (Fsp3) is 0.429. The van der Waals surface area contributed by atoms with Crippen LogP contribution in [-0.2, 0) is 16.0 Å². The van der Waals surface area contributed by atoms with E-state index in [1.165, 1.54) is 11.1 Å². The van der Waals surface area contributed by atoms with Gasteiger partial charge < -0.3 is 10.6 Å². The van der Waals surface area contributed by atoms with Crippen LogP contribution in [0.25, 0.3) is 0 Å². The fourth-order valence-corrected chi connectivity index (χ4v) is 1.82. The van der Waals surface area contributed by atoms with Crippen LogP contribution < -0.4 is 10.6 Å². The predicted octanol–water partition coefficient (Wildman–Crippen LogP) is 1.18. The second-order valence-electron chi connectivity index (χ2n) is 5.09. The van der Waals surface area contributed by atoms with Crippen molar-refractivity contribution in [2.24, 2.45) is 0 Å². The van der Waals surface area contributed by atoms with Crippen molar-refractivity contribution in [1.29, 1.82) is 0 Å². The highest BCUT2D eigenvalue weighted by atomic mass is 16.2. The first-order chi connectivity index (χ1) is 8.43. The number of amides is 2. The molecule has 1 rings (SSSR count). The molecule has 0 unspecified atom stereocenters. The van der Waals surface area contributed by atoms with Gasteiger partial charge in [0, 0.05) is 5.54 Å². The van der Waals surface area contributed by atoms with Crippen LogP contribution in [0.2, 0.25) is 0 Å². The molecule has 1 aromatic carbocycles. The maximum Gasteiger partial charge on any atom is 0.239 e. The Morgan fingerprint density at radius 1 is 1.28 bits per heavy atom. The van der Waals surface area contributed by atoms with Gasteiger partial charge in [-0.1, -0.05) is 29.8 Å². The van der Waals surface area contributed by atoms with E-state index in [-0.39, 0.29) is 18.0 Å². The number of carbonyl (C=O) groups is 2. The average molecular weight is 248 g/mol. The molecule has 0 atom stereocenters. The van der Waals surface area contributed by atoms with E-state index in [2.05, 4.69) is 34.9 Å². The van der Waals surface area contributed by atoms with Gasteiger partial charge in [0.15, 0.2) is 0 Å². The molecule has 98 valence electrons. The molecule has 0 aliphatic carbocycles. The summed E-state index contributed by atoms with van der Waals surface area (Å²) in [6, 6.07) is 8.24. The molecule has 0 aliphatic rings. The van der Waals surface area contributed by atoms with Crippen molar-refractivity contribution >= 4 is 12.3 Å². The van der Waals surface area contributed by atoms with E-state index in [4.69, 9.17) is 0 Å². The zero-order valence-corrected chi connectivity index (χ0v) is 11.1. The molecule has 0 saturated heterocycles. The topological polar surface area (TPSA) is 58.2 Å². The summed E-state index contributed by atoms with van der Waals surface area (Å²) in [6.07, 6.45) is 1.27. The first kappa shape index (κ1) is 14.2. The van der Waals surface area contributed by atoms with Crippen LogP contribution in [0.1, 0.15) is 25.0 Å². The maximum atomic E-state index is 11.5. The highest BCUT2D eigenvalue weighted by molar-refractivity contribution is 5.80. The first-order valence-corrected chi connectivity index (χ1v) is 5.96. The molecule has 0 aromatic heterocycles. The number of rotatable bonds is 6. The minimum Gasteiger partial charge on any atom is -0.350 e. The number of hydrogen-bond donors (Lipinski definition) is 2. The minimum absolute atomic E-state index is 0.0147. The number of benzene rings is 1. The molecule has 2 N–H and O–H groups in total. The Morgan fingerprint density at radius 3 is 2.44 bits per heavy atom. The Hall–Kier alpha value is -1.84. The minimum atomic E-state index is -0.336. The molecular formula is C14H20N2O2. The molecule has 0 radical (unpaired) electrons. The number of carbonyl (C=O) groups excluding carboxylic acids is 2. The molecule has 0 aliphatic heterocycles. The first-order valence-electron chi connectivity index (χ1n) is 5.96. The SMILES string of the molecule is Cc1ccc(CC(C)(C)NC(=O)CNC=O)cc1. The molecule has 4 nitrogen and oxygen atoms in total. The monoisotopic (exact) mass is 248 g/mol. The van der Waals surface area contributed by atoms with E-state index < -0.39 is 0 Å². The van der Waals surface area contributed by atoms with Crippen LogP contribution in [0.3, 0.4) is 0 Å². The maximum absolute atomic E-state index is 11.5. The van der Waals surface area contributed by atoms with E-state index >= 15 is 0 Å². The van der Waals surface area contributed by atoms with Crippen molar-refractivity contribution in [1.82, 2.24) is 10.6 Å². The van der Waals surface area contributed by atoms with Gasteiger partial charge in [-0.3, -0.25) is 9.59 Å². The lowest BCUT2D eigenvalue weighted by Gasteiger charge is -2.26. The molecule has 0 heterocycles. The summed E-state index contributed by atoms with van der Waals surface area (Å²) in [5.41, 5.74) is 2.06. The van der Waals surface area contributed by atoms with Crippen LogP contribution in [0.15, 0.2) is 24.3 Å². The third kappa shape index (κ3) is 4.99. The average Bonchev–Trinajstić information content (AvgIpc) is 2.28. The number of hydrogen-bond acceptors (Lipinski definition) is 2. The zero-order valence-electron chi connectivity index (χ0n) is 11.1. The normalized spacial score (nSPS) is 10.8. The van der Waals surface area contributed by atoms with Crippen molar-refractivity contribution in [3.63, 3.8) is 0 Å². The van der Waals surface area contributed by atoms with Crippen molar-refractivity contribution < 1.29 is 9.59 Å². The Labute approximate surface area is 108 Å². The second kappa shape index (κ2) is 6.19. The van der Waals surface area contributed by atoms with Gasteiger partial charge in [-0.2, -0.15) is 0 Å². The zero-order chi connectivity index (χ0) is 13.6. The largest absolute Gasteiger partial charge is 0.350 e. The molecule has 2 amide bonds. The van der Waals surface area contributed by atoms with Gasteiger partial charge in [0.2, 0.25) is 12.3 Å². The van der Waals surface area contributed by atoms with Gasteiger partial charge in [-0.25, -0.2) is 0 Å². The van der Waals surface area contributed by atoms with E-state index in [0.717, 1.165) is 6.42 Å². The molecule has 4 heteroatoms. The van der Waals surface area contributed by atoms with Gasteiger partial charge in [-0.05, 0) is 32.8 Å². The van der Waals surface area contributed by atoms with Crippen molar-refractivity contribution in [3.05, 3.63) is 35.4 Å². The smallest absolute Gasteiger partial charge is 0.239 e. The van der Waals surface area contributed by atoms with Gasteiger partial charge in [0.25, 0.3) is 0 Å². The molecule has 0 spiro atoms. The third-order valence-corrected chi connectivity index (χ3v) is 2.59.